The maximum absolute atomic E-state index is 12.0. The van der Waals surface area contributed by atoms with Gasteiger partial charge in [-0.05, 0) is 12.1 Å². The van der Waals surface area contributed by atoms with E-state index in [2.05, 4.69) is 0 Å². The van der Waals surface area contributed by atoms with E-state index < -0.39 is 0 Å². The summed E-state index contributed by atoms with van der Waals surface area (Å²) >= 11 is 1.57. The minimum atomic E-state index is -0.00979. The second-order valence-corrected chi connectivity index (χ2v) is 5.22. The smallest absolute Gasteiger partial charge is 0.233 e. The fourth-order valence-corrected chi connectivity index (χ4v) is 2.66. The Balaban J connectivity index is 1.81. The van der Waals surface area contributed by atoms with E-state index in [-0.39, 0.29) is 12.0 Å². The molecule has 1 unspecified atom stereocenters. The molecule has 1 amide bonds. The van der Waals surface area contributed by atoms with Gasteiger partial charge in [-0.1, -0.05) is 18.2 Å². The zero-order valence-corrected chi connectivity index (χ0v) is 11.1. The predicted molar refractivity (Wildman–Crippen MR) is 72.5 cm³/mol. The van der Waals surface area contributed by atoms with Crippen molar-refractivity contribution < 1.29 is 9.53 Å². The fourth-order valence-electron chi connectivity index (χ4n) is 1.84. The van der Waals surface area contributed by atoms with Crippen LogP contribution >= 0.6 is 11.8 Å². The predicted octanol–water partition coefficient (Wildman–Crippen LogP) is 0.965. The molecule has 1 aromatic carbocycles. The van der Waals surface area contributed by atoms with Gasteiger partial charge in [-0.2, -0.15) is 0 Å². The Morgan fingerprint density at radius 3 is 2.94 bits per heavy atom. The van der Waals surface area contributed by atoms with Crippen LogP contribution in [0.5, 0.6) is 0 Å². The van der Waals surface area contributed by atoms with Crippen molar-refractivity contribution in [1.82, 2.24) is 4.90 Å². The summed E-state index contributed by atoms with van der Waals surface area (Å²) in [6.07, 6.45) is -0.00979. The lowest BCUT2D eigenvalue weighted by molar-refractivity contribution is -0.135. The standard InChI is InChI=1S/C13H18N2O2S/c14-8-11-9-15(6-7-17-11)13(16)10-18-12-4-2-1-3-5-12/h1-5,11H,6-10,14H2. The second kappa shape index (κ2) is 6.78. The Labute approximate surface area is 111 Å². The second-order valence-electron chi connectivity index (χ2n) is 4.17. The van der Waals surface area contributed by atoms with E-state index in [0.29, 0.717) is 32.0 Å². The Kier molecular flexibility index (Phi) is 5.04. The molecule has 2 N–H and O–H groups in total. The highest BCUT2D eigenvalue weighted by Gasteiger charge is 2.22. The van der Waals surface area contributed by atoms with Crippen molar-refractivity contribution in [1.29, 1.82) is 0 Å². The summed E-state index contributed by atoms with van der Waals surface area (Å²) in [4.78, 5) is 15.0. The molecule has 0 spiro atoms. The van der Waals surface area contributed by atoms with Gasteiger partial charge in [0.2, 0.25) is 5.91 Å². The molecule has 2 rings (SSSR count). The van der Waals surface area contributed by atoms with Gasteiger partial charge < -0.3 is 15.4 Å². The summed E-state index contributed by atoms with van der Waals surface area (Å²) in [5.74, 6) is 0.631. The van der Waals surface area contributed by atoms with Crippen LogP contribution < -0.4 is 5.73 Å². The van der Waals surface area contributed by atoms with Crippen molar-refractivity contribution in [3.63, 3.8) is 0 Å². The first-order valence-corrected chi connectivity index (χ1v) is 7.05. The molecule has 1 atom stereocenters. The number of carbonyl (C=O) groups excluding carboxylic acids is 1. The number of carbonyl (C=O) groups is 1. The first-order chi connectivity index (χ1) is 8.79. The van der Waals surface area contributed by atoms with E-state index in [9.17, 15) is 4.79 Å². The monoisotopic (exact) mass is 266 g/mol. The molecule has 1 heterocycles. The minimum Gasteiger partial charge on any atom is -0.373 e. The minimum absolute atomic E-state index is 0.00979. The van der Waals surface area contributed by atoms with Crippen LogP contribution in [0.2, 0.25) is 0 Å². The molecule has 1 aliphatic heterocycles. The van der Waals surface area contributed by atoms with Crippen LogP contribution in [0, 0.1) is 0 Å². The normalized spacial score (nSPS) is 19.8. The van der Waals surface area contributed by atoms with Gasteiger partial charge in [0.15, 0.2) is 0 Å². The summed E-state index contributed by atoms with van der Waals surface area (Å²) in [6.45, 7) is 2.34. The molecule has 0 aromatic heterocycles. The molecule has 1 saturated heterocycles. The number of ether oxygens (including phenoxy) is 1. The van der Waals surface area contributed by atoms with Crippen molar-refractivity contribution in [2.24, 2.45) is 5.73 Å². The molecule has 1 fully saturated rings. The topological polar surface area (TPSA) is 55.6 Å². The average Bonchev–Trinajstić information content (AvgIpc) is 2.46. The Morgan fingerprint density at radius 2 is 2.22 bits per heavy atom. The molecule has 18 heavy (non-hydrogen) atoms. The van der Waals surface area contributed by atoms with E-state index in [1.165, 1.54) is 0 Å². The molecule has 0 aliphatic carbocycles. The van der Waals surface area contributed by atoms with Gasteiger partial charge in [-0.15, -0.1) is 11.8 Å². The van der Waals surface area contributed by atoms with Crippen molar-refractivity contribution in [2.45, 2.75) is 11.0 Å². The molecule has 0 bridgehead atoms. The summed E-state index contributed by atoms with van der Waals surface area (Å²) in [5.41, 5.74) is 5.56. The summed E-state index contributed by atoms with van der Waals surface area (Å²) in [7, 11) is 0. The highest BCUT2D eigenvalue weighted by molar-refractivity contribution is 8.00. The molecule has 4 nitrogen and oxygen atoms in total. The molecule has 0 saturated carbocycles. The van der Waals surface area contributed by atoms with E-state index >= 15 is 0 Å². The zero-order valence-electron chi connectivity index (χ0n) is 10.2. The van der Waals surface area contributed by atoms with Crippen LogP contribution in [-0.4, -0.2) is 48.9 Å². The molecule has 5 heteroatoms. The van der Waals surface area contributed by atoms with Gasteiger partial charge in [0.05, 0.1) is 18.5 Å². The third-order valence-electron chi connectivity index (χ3n) is 2.86. The number of nitrogens with zero attached hydrogens (tertiary/aromatic N) is 1. The van der Waals surface area contributed by atoms with Crippen LogP contribution in [0.25, 0.3) is 0 Å². The maximum Gasteiger partial charge on any atom is 0.233 e. The van der Waals surface area contributed by atoms with E-state index in [4.69, 9.17) is 10.5 Å². The van der Waals surface area contributed by atoms with E-state index in [0.717, 1.165) is 4.90 Å². The van der Waals surface area contributed by atoms with E-state index in [1.54, 1.807) is 11.8 Å². The number of hydrogen-bond acceptors (Lipinski definition) is 4. The van der Waals surface area contributed by atoms with Gasteiger partial charge in [0, 0.05) is 24.5 Å². The van der Waals surface area contributed by atoms with Crippen molar-refractivity contribution >= 4 is 17.7 Å². The lowest BCUT2D eigenvalue weighted by Crippen LogP contribution is -2.48. The number of rotatable bonds is 4. The third kappa shape index (κ3) is 3.73. The Bertz CT molecular complexity index is 386. The number of amides is 1. The average molecular weight is 266 g/mol. The molecule has 1 aliphatic rings. The zero-order chi connectivity index (χ0) is 12.8. The quantitative estimate of drug-likeness (QED) is 0.825. The largest absolute Gasteiger partial charge is 0.373 e. The summed E-state index contributed by atoms with van der Waals surface area (Å²) < 4.78 is 5.44. The van der Waals surface area contributed by atoms with Crippen LogP contribution in [0.4, 0.5) is 0 Å². The van der Waals surface area contributed by atoms with Crippen LogP contribution in [0.15, 0.2) is 35.2 Å². The Morgan fingerprint density at radius 1 is 1.44 bits per heavy atom. The number of benzene rings is 1. The number of thioether (sulfide) groups is 1. The number of nitrogens with two attached hydrogens (primary N) is 1. The Hall–Kier alpha value is -1.04. The lowest BCUT2D eigenvalue weighted by Gasteiger charge is -2.32. The molecule has 98 valence electrons. The van der Waals surface area contributed by atoms with Gasteiger partial charge >= 0.3 is 0 Å². The van der Waals surface area contributed by atoms with Crippen molar-refractivity contribution in [3.05, 3.63) is 30.3 Å². The first kappa shape index (κ1) is 13.4. The van der Waals surface area contributed by atoms with Gasteiger partial charge in [-0.3, -0.25) is 4.79 Å². The fraction of sp³-hybridized carbons (Fsp3) is 0.462. The van der Waals surface area contributed by atoms with Crippen molar-refractivity contribution in [3.8, 4) is 0 Å². The molecule has 0 radical (unpaired) electrons. The van der Waals surface area contributed by atoms with Crippen LogP contribution in [-0.2, 0) is 9.53 Å². The van der Waals surface area contributed by atoms with Crippen molar-refractivity contribution in [2.75, 3.05) is 32.0 Å². The van der Waals surface area contributed by atoms with Crippen LogP contribution in [0.3, 0.4) is 0 Å². The van der Waals surface area contributed by atoms with Gasteiger partial charge in [-0.25, -0.2) is 0 Å². The molecular weight excluding hydrogens is 248 g/mol. The summed E-state index contributed by atoms with van der Waals surface area (Å²) in [5, 5.41) is 0. The number of hydrogen-bond donors (Lipinski definition) is 1. The number of morpholine rings is 1. The molecule has 1 aromatic rings. The van der Waals surface area contributed by atoms with Gasteiger partial charge in [0.1, 0.15) is 0 Å². The SMILES string of the molecule is NCC1CN(C(=O)CSc2ccccc2)CCO1. The van der Waals surface area contributed by atoms with Crippen LogP contribution in [0.1, 0.15) is 0 Å². The first-order valence-electron chi connectivity index (χ1n) is 6.07. The lowest BCUT2D eigenvalue weighted by atomic mass is 10.3. The summed E-state index contributed by atoms with van der Waals surface area (Å²) in [6, 6.07) is 9.96. The highest BCUT2D eigenvalue weighted by Crippen LogP contribution is 2.18. The third-order valence-corrected chi connectivity index (χ3v) is 3.86. The molecular formula is C13H18N2O2S. The maximum atomic E-state index is 12.0. The highest BCUT2D eigenvalue weighted by atomic mass is 32.2. The van der Waals surface area contributed by atoms with Gasteiger partial charge in [0.25, 0.3) is 0 Å². The van der Waals surface area contributed by atoms with E-state index in [1.807, 2.05) is 35.2 Å².